The predicted octanol–water partition coefficient (Wildman–Crippen LogP) is 4.55. The molecule has 0 fully saturated rings. The zero-order valence-corrected chi connectivity index (χ0v) is 14.0. The Morgan fingerprint density at radius 3 is 2.50 bits per heavy atom. The third-order valence-electron chi connectivity index (χ3n) is 2.87. The zero-order valence-electron chi connectivity index (χ0n) is 11.1. The number of rotatable bonds is 3. The van der Waals surface area contributed by atoms with Gasteiger partial charge in [0.2, 0.25) is 0 Å². The molecule has 3 nitrogen and oxygen atoms in total. The van der Waals surface area contributed by atoms with Gasteiger partial charge in [-0.1, -0.05) is 23.2 Å². The molecule has 0 unspecified atom stereocenters. The standard InChI is InChI=1S/C15H14ClIN2O/c1-9-3-5-13(18-2)11(7-9)15(20)19-14-6-4-10(16)8-12(14)17/h3-8,18H,1-2H3,(H,19,20). The van der Waals surface area contributed by atoms with Crippen molar-refractivity contribution in [2.75, 3.05) is 17.7 Å². The third-order valence-corrected chi connectivity index (χ3v) is 4.00. The predicted molar refractivity (Wildman–Crippen MR) is 92.8 cm³/mol. The van der Waals surface area contributed by atoms with Crippen molar-refractivity contribution < 1.29 is 4.79 Å². The minimum absolute atomic E-state index is 0.140. The van der Waals surface area contributed by atoms with E-state index in [0.29, 0.717) is 10.6 Å². The first-order valence-electron chi connectivity index (χ1n) is 6.06. The number of nitrogens with one attached hydrogen (secondary N) is 2. The Morgan fingerprint density at radius 2 is 1.85 bits per heavy atom. The highest BCUT2D eigenvalue weighted by molar-refractivity contribution is 14.1. The number of anilines is 2. The van der Waals surface area contributed by atoms with Crippen molar-refractivity contribution in [3.63, 3.8) is 0 Å². The molecule has 0 bridgehead atoms. The highest BCUT2D eigenvalue weighted by Gasteiger charge is 2.12. The van der Waals surface area contributed by atoms with Crippen LogP contribution in [0.4, 0.5) is 11.4 Å². The van der Waals surface area contributed by atoms with E-state index in [0.717, 1.165) is 20.5 Å². The number of carbonyl (C=O) groups excluding carboxylic acids is 1. The van der Waals surface area contributed by atoms with Gasteiger partial charge in [0, 0.05) is 21.3 Å². The summed E-state index contributed by atoms with van der Waals surface area (Å²) in [5.74, 6) is -0.140. The number of aryl methyl sites for hydroxylation is 1. The van der Waals surface area contributed by atoms with E-state index in [1.54, 1.807) is 19.2 Å². The Bertz CT molecular complexity index is 658. The molecule has 0 aliphatic rings. The van der Waals surface area contributed by atoms with Gasteiger partial charge in [-0.3, -0.25) is 4.79 Å². The molecule has 0 saturated heterocycles. The molecule has 2 N–H and O–H groups in total. The van der Waals surface area contributed by atoms with Gasteiger partial charge in [0.25, 0.3) is 5.91 Å². The highest BCUT2D eigenvalue weighted by atomic mass is 127. The summed E-state index contributed by atoms with van der Waals surface area (Å²) in [6.07, 6.45) is 0. The number of hydrogen-bond acceptors (Lipinski definition) is 2. The molecule has 0 spiro atoms. The second kappa shape index (κ2) is 6.45. The molecule has 104 valence electrons. The van der Waals surface area contributed by atoms with Crippen LogP contribution >= 0.6 is 34.2 Å². The van der Waals surface area contributed by atoms with Gasteiger partial charge in [0.15, 0.2) is 0 Å². The van der Waals surface area contributed by atoms with Crippen LogP contribution in [0.3, 0.4) is 0 Å². The van der Waals surface area contributed by atoms with Crippen molar-refractivity contribution >= 4 is 51.5 Å². The van der Waals surface area contributed by atoms with Crippen LogP contribution in [-0.4, -0.2) is 13.0 Å². The third kappa shape index (κ3) is 3.43. The Labute approximate surface area is 136 Å². The Kier molecular flexibility index (Phi) is 4.88. The average molecular weight is 401 g/mol. The molecule has 5 heteroatoms. The summed E-state index contributed by atoms with van der Waals surface area (Å²) in [4.78, 5) is 12.4. The van der Waals surface area contributed by atoms with E-state index < -0.39 is 0 Å². The van der Waals surface area contributed by atoms with Crippen molar-refractivity contribution in [1.82, 2.24) is 0 Å². The number of halogens is 2. The Morgan fingerprint density at radius 1 is 1.15 bits per heavy atom. The lowest BCUT2D eigenvalue weighted by Gasteiger charge is -2.12. The molecule has 0 aliphatic carbocycles. The second-order valence-electron chi connectivity index (χ2n) is 4.38. The van der Waals surface area contributed by atoms with Gasteiger partial charge < -0.3 is 10.6 Å². The molecule has 0 aliphatic heterocycles. The van der Waals surface area contributed by atoms with E-state index in [1.165, 1.54) is 0 Å². The Balaban J connectivity index is 2.30. The van der Waals surface area contributed by atoms with Crippen LogP contribution in [0.1, 0.15) is 15.9 Å². The summed E-state index contributed by atoms with van der Waals surface area (Å²) in [6.45, 7) is 1.96. The average Bonchev–Trinajstić information content (AvgIpc) is 2.41. The van der Waals surface area contributed by atoms with Crippen LogP contribution in [0.25, 0.3) is 0 Å². The molecule has 0 heterocycles. The van der Waals surface area contributed by atoms with Gasteiger partial charge in [0.1, 0.15) is 0 Å². The quantitative estimate of drug-likeness (QED) is 0.742. The van der Waals surface area contributed by atoms with Crippen LogP contribution in [0.15, 0.2) is 36.4 Å². The summed E-state index contributed by atoms with van der Waals surface area (Å²) in [6, 6.07) is 11.1. The molecule has 0 radical (unpaired) electrons. The van der Waals surface area contributed by atoms with Crippen molar-refractivity contribution in [3.05, 3.63) is 56.1 Å². The molecule has 2 aromatic rings. The monoisotopic (exact) mass is 400 g/mol. The van der Waals surface area contributed by atoms with Crippen molar-refractivity contribution in [3.8, 4) is 0 Å². The lowest BCUT2D eigenvalue weighted by molar-refractivity contribution is 0.102. The number of amides is 1. The SMILES string of the molecule is CNc1ccc(C)cc1C(=O)Nc1ccc(Cl)cc1I. The van der Waals surface area contributed by atoms with Crippen LogP contribution < -0.4 is 10.6 Å². The fourth-order valence-corrected chi connectivity index (χ4v) is 2.85. The number of hydrogen-bond donors (Lipinski definition) is 2. The summed E-state index contributed by atoms with van der Waals surface area (Å²) < 4.78 is 0.905. The molecule has 1 amide bonds. The van der Waals surface area contributed by atoms with Crippen LogP contribution in [-0.2, 0) is 0 Å². The van der Waals surface area contributed by atoms with E-state index in [1.807, 2.05) is 31.2 Å². The molecule has 2 aromatic carbocycles. The van der Waals surface area contributed by atoms with Crippen LogP contribution in [0.5, 0.6) is 0 Å². The zero-order chi connectivity index (χ0) is 14.7. The molecule has 0 aromatic heterocycles. The molecule has 2 rings (SSSR count). The van der Waals surface area contributed by atoms with Gasteiger partial charge >= 0.3 is 0 Å². The topological polar surface area (TPSA) is 41.1 Å². The minimum atomic E-state index is -0.140. The summed E-state index contributed by atoms with van der Waals surface area (Å²) in [7, 11) is 1.80. The summed E-state index contributed by atoms with van der Waals surface area (Å²) in [5.41, 5.74) is 3.22. The van der Waals surface area contributed by atoms with E-state index in [2.05, 4.69) is 33.2 Å². The first-order chi connectivity index (χ1) is 9.51. The lowest BCUT2D eigenvalue weighted by Crippen LogP contribution is -2.15. The van der Waals surface area contributed by atoms with E-state index in [9.17, 15) is 4.79 Å². The first kappa shape index (κ1) is 15.1. The van der Waals surface area contributed by atoms with E-state index in [-0.39, 0.29) is 5.91 Å². The van der Waals surface area contributed by atoms with Gasteiger partial charge in [-0.15, -0.1) is 0 Å². The number of benzene rings is 2. The van der Waals surface area contributed by atoms with Gasteiger partial charge in [-0.25, -0.2) is 0 Å². The maximum absolute atomic E-state index is 12.4. The van der Waals surface area contributed by atoms with Crippen molar-refractivity contribution in [2.45, 2.75) is 6.92 Å². The largest absolute Gasteiger partial charge is 0.387 e. The van der Waals surface area contributed by atoms with Gasteiger partial charge in [-0.2, -0.15) is 0 Å². The normalized spacial score (nSPS) is 10.2. The highest BCUT2D eigenvalue weighted by Crippen LogP contribution is 2.24. The van der Waals surface area contributed by atoms with E-state index in [4.69, 9.17) is 11.6 Å². The van der Waals surface area contributed by atoms with Gasteiger partial charge in [-0.05, 0) is 59.8 Å². The van der Waals surface area contributed by atoms with Crippen molar-refractivity contribution in [1.29, 1.82) is 0 Å². The fraction of sp³-hybridized carbons (Fsp3) is 0.133. The maximum atomic E-state index is 12.4. The molecular weight excluding hydrogens is 387 g/mol. The first-order valence-corrected chi connectivity index (χ1v) is 7.51. The van der Waals surface area contributed by atoms with Crippen molar-refractivity contribution in [2.24, 2.45) is 0 Å². The second-order valence-corrected chi connectivity index (χ2v) is 5.98. The molecule has 0 atom stereocenters. The van der Waals surface area contributed by atoms with E-state index >= 15 is 0 Å². The van der Waals surface area contributed by atoms with Crippen LogP contribution in [0, 0.1) is 10.5 Å². The smallest absolute Gasteiger partial charge is 0.257 e. The minimum Gasteiger partial charge on any atom is -0.387 e. The molecule has 20 heavy (non-hydrogen) atoms. The Hall–Kier alpha value is -1.27. The van der Waals surface area contributed by atoms with Gasteiger partial charge in [0.05, 0.1) is 11.3 Å². The maximum Gasteiger partial charge on any atom is 0.257 e. The molecular formula is C15H14ClIN2O. The molecule has 0 saturated carbocycles. The number of carbonyl (C=O) groups is 1. The summed E-state index contributed by atoms with van der Waals surface area (Å²) >= 11 is 8.06. The fourth-order valence-electron chi connectivity index (χ4n) is 1.84. The van der Waals surface area contributed by atoms with Crippen LogP contribution in [0.2, 0.25) is 5.02 Å². The summed E-state index contributed by atoms with van der Waals surface area (Å²) in [5, 5.41) is 6.59. The lowest BCUT2D eigenvalue weighted by atomic mass is 10.1.